The Morgan fingerprint density at radius 1 is 0.962 bits per heavy atom. The smallest absolute Gasteiger partial charge is 0.189 e. The largest absolute Gasteiger partial charge is 0.508 e. The van der Waals surface area contributed by atoms with Gasteiger partial charge in [-0.15, -0.1) is 0 Å². The number of aliphatic hydroxyl groups is 2. The first-order valence-electron chi connectivity index (χ1n) is 20.7. The van der Waals surface area contributed by atoms with Crippen LogP contribution in [0.25, 0.3) is 0 Å². The van der Waals surface area contributed by atoms with Crippen molar-refractivity contribution >= 4 is 11.9 Å². The van der Waals surface area contributed by atoms with Gasteiger partial charge in [-0.25, -0.2) is 0 Å². The Morgan fingerprint density at radius 3 is 2.36 bits per heavy atom. The van der Waals surface area contributed by atoms with Crippen molar-refractivity contribution in [1.82, 2.24) is 10.6 Å². The highest BCUT2D eigenvalue weighted by Crippen LogP contribution is 2.70. The molecule has 12 atom stereocenters. The first-order chi connectivity index (χ1) is 25.2. The molecule has 0 amide bonds. The lowest BCUT2D eigenvalue weighted by atomic mass is 9.45. The van der Waals surface area contributed by atoms with Crippen molar-refractivity contribution in [1.29, 1.82) is 0 Å². The molecule has 1 heterocycles. The second kappa shape index (κ2) is 14.7. The molecule has 1 aromatic carbocycles. The number of phenolic OH excluding ortho intramolecular Hbond substituents is 1. The lowest BCUT2D eigenvalue weighted by Crippen LogP contribution is -2.56. The molecule has 0 bridgehead atoms. The van der Waals surface area contributed by atoms with Crippen LogP contribution >= 0.6 is 0 Å². The van der Waals surface area contributed by atoms with E-state index in [1.54, 1.807) is 26.2 Å². The van der Waals surface area contributed by atoms with Gasteiger partial charge in [-0.3, -0.25) is 9.98 Å². The van der Waals surface area contributed by atoms with Crippen molar-refractivity contribution < 1.29 is 20.1 Å². The van der Waals surface area contributed by atoms with Crippen LogP contribution in [-0.4, -0.2) is 70.9 Å². The highest BCUT2D eigenvalue weighted by Gasteiger charge is 2.67. The molecule has 5 saturated carbocycles. The number of rotatable bonds is 9. The quantitative estimate of drug-likeness (QED) is 0.0553. The molecule has 5 aliphatic carbocycles. The maximum absolute atomic E-state index is 11.3. The molecule has 9 N–H and O–H groups in total. The van der Waals surface area contributed by atoms with Crippen molar-refractivity contribution in [2.75, 3.05) is 14.1 Å². The molecule has 6 fully saturated rings. The number of epoxide rings is 1. The minimum Gasteiger partial charge on any atom is -0.508 e. The third-order valence-corrected chi connectivity index (χ3v) is 15.6. The average Bonchev–Trinajstić information content (AvgIpc) is 3.41. The number of aliphatic imine (C=N–C) groups is 2. The summed E-state index contributed by atoms with van der Waals surface area (Å²) >= 11 is 0. The maximum Gasteiger partial charge on any atom is 0.189 e. The first-order valence-corrected chi connectivity index (χ1v) is 20.7. The Hall–Kier alpha value is -2.82. The summed E-state index contributed by atoms with van der Waals surface area (Å²) in [6, 6.07) is 7.76. The standard InChI is InChI=1S/C43H68N6O4/c1-26-22-42(17-12-28(23-42)13-18-43(52)15-6-7-32(51)24-43)37-41(3,53-37)16-14-34-33(26)25-40(34,2)35-21-30(36(48-38(44)46-4)49-39(45)47-5)20-29(35)19-27-8-10-31(50)11-9-27/h8-11,28-30,32-37,50-52H,1,6-7,12-25H2,2-5H3,(H3,44,46,48)(H3,45,47,49)/t28-,29-,30-,32-,33+,34-,35+,37+,40-,41+,42+,43-/m0/s1. The third kappa shape index (κ3) is 7.71. The number of nitrogens with one attached hydrogen (secondary N) is 2. The Balaban J connectivity index is 1.09. The number of aromatic hydroxyl groups is 1. The van der Waals surface area contributed by atoms with Gasteiger partial charge in [-0.05, 0) is 162 Å². The average molecular weight is 733 g/mol. The highest BCUT2D eigenvalue weighted by atomic mass is 16.6. The summed E-state index contributed by atoms with van der Waals surface area (Å²) in [6.07, 6.45) is 15.6. The van der Waals surface area contributed by atoms with Crippen LogP contribution in [0.1, 0.15) is 116 Å². The van der Waals surface area contributed by atoms with Gasteiger partial charge >= 0.3 is 0 Å². The molecule has 6 aliphatic rings. The SMILES string of the molecule is C=C1C[C@@]2(CC[C@@H](CC[C@@]3(O)CCC[C@H](O)C3)C2)[C@@H]2O[C@]2(C)CC[C@H]2[C@@H]1C[C@]2(C)[C@@H]1C[C@@H](C(NC(N)=NC)NC(N)=NC)C[C@@H]1Cc1ccc(O)cc1. The molecule has 294 valence electrons. The van der Waals surface area contributed by atoms with Gasteiger partial charge in [0.15, 0.2) is 11.9 Å². The van der Waals surface area contributed by atoms with E-state index in [1.165, 1.54) is 30.4 Å². The van der Waals surface area contributed by atoms with E-state index < -0.39 is 5.60 Å². The second-order valence-electron chi connectivity index (χ2n) is 19.0. The number of nitrogens with two attached hydrogens (primary N) is 2. The van der Waals surface area contributed by atoms with E-state index in [0.29, 0.717) is 53.7 Å². The van der Waals surface area contributed by atoms with Gasteiger partial charge in [0.25, 0.3) is 0 Å². The lowest BCUT2D eigenvalue weighted by Gasteiger charge is -2.59. The van der Waals surface area contributed by atoms with Gasteiger partial charge < -0.3 is 42.2 Å². The fourth-order valence-corrected chi connectivity index (χ4v) is 12.8. The predicted molar refractivity (Wildman–Crippen MR) is 211 cm³/mol. The van der Waals surface area contributed by atoms with Gasteiger partial charge in [0.05, 0.1) is 23.4 Å². The van der Waals surface area contributed by atoms with Crippen molar-refractivity contribution in [2.24, 2.45) is 67.8 Å². The van der Waals surface area contributed by atoms with Crippen LogP contribution in [0, 0.1) is 46.3 Å². The minimum absolute atomic E-state index is 0.0805. The molecular formula is C43H68N6O4. The van der Waals surface area contributed by atoms with Crippen LogP contribution in [0.5, 0.6) is 5.75 Å². The number of fused-ring (bicyclic) bond motifs is 3. The van der Waals surface area contributed by atoms with Crippen LogP contribution in [0.15, 0.2) is 46.4 Å². The highest BCUT2D eigenvalue weighted by molar-refractivity contribution is 5.81. The summed E-state index contributed by atoms with van der Waals surface area (Å²) in [7, 11) is 3.39. The van der Waals surface area contributed by atoms with Gasteiger partial charge in [0, 0.05) is 25.9 Å². The Morgan fingerprint density at radius 2 is 1.68 bits per heavy atom. The number of ether oxygens (including phenoxy) is 1. The molecule has 10 heteroatoms. The fraction of sp³-hybridized carbons (Fsp3) is 0.767. The van der Waals surface area contributed by atoms with E-state index in [4.69, 9.17) is 22.8 Å². The predicted octanol–water partition coefficient (Wildman–Crippen LogP) is 5.74. The molecule has 1 aliphatic heterocycles. The van der Waals surface area contributed by atoms with Crippen LogP contribution in [-0.2, 0) is 11.2 Å². The number of aliphatic hydroxyl groups excluding tert-OH is 1. The van der Waals surface area contributed by atoms with Gasteiger partial charge in [-0.2, -0.15) is 0 Å². The first kappa shape index (κ1) is 38.5. The summed E-state index contributed by atoms with van der Waals surface area (Å²) < 4.78 is 6.79. The fourth-order valence-electron chi connectivity index (χ4n) is 12.8. The van der Waals surface area contributed by atoms with E-state index in [0.717, 1.165) is 77.0 Å². The Labute approximate surface area is 317 Å². The van der Waals surface area contributed by atoms with Gasteiger partial charge in [-0.1, -0.05) is 31.2 Å². The zero-order chi connectivity index (χ0) is 37.8. The van der Waals surface area contributed by atoms with Crippen molar-refractivity contribution in [3.05, 3.63) is 42.0 Å². The van der Waals surface area contributed by atoms with Crippen molar-refractivity contribution in [3.8, 4) is 5.75 Å². The molecule has 1 aromatic rings. The number of nitrogens with zero attached hydrogens (tertiary/aromatic N) is 2. The Kier molecular flexibility index (Phi) is 10.7. The molecule has 7 rings (SSSR count). The van der Waals surface area contributed by atoms with E-state index in [-0.39, 0.29) is 40.7 Å². The number of hydrogen-bond donors (Lipinski definition) is 7. The topological polar surface area (TPSA) is 174 Å². The van der Waals surface area contributed by atoms with E-state index >= 15 is 0 Å². The maximum atomic E-state index is 11.3. The zero-order valence-electron chi connectivity index (χ0n) is 32.8. The van der Waals surface area contributed by atoms with Gasteiger partial charge in [0.1, 0.15) is 11.9 Å². The molecular weight excluding hydrogens is 665 g/mol. The minimum atomic E-state index is -0.707. The lowest BCUT2D eigenvalue weighted by molar-refractivity contribution is -0.0831. The summed E-state index contributed by atoms with van der Waals surface area (Å²) in [4.78, 5) is 8.40. The van der Waals surface area contributed by atoms with Crippen molar-refractivity contribution in [2.45, 2.75) is 146 Å². The molecule has 53 heavy (non-hydrogen) atoms. The number of allylic oxidation sites excluding steroid dienone is 1. The second-order valence-corrected chi connectivity index (χ2v) is 19.0. The zero-order valence-corrected chi connectivity index (χ0v) is 32.8. The number of phenols is 1. The van der Waals surface area contributed by atoms with E-state index in [9.17, 15) is 15.3 Å². The van der Waals surface area contributed by atoms with Crippen LogP contribution in [0.3, 0.4) is 0 Å². The molecule has 0 unspecified atom stereocenters. The van der Waals surface area contributed by atoms with E-state index in [1.807, 2.05) is 0 Å². The monoisotopic (exact) mass is 733 g/mol. The summed E-state index contributed by atoms with van der Waals surface area (Å²) in [5.74, 6) is 3.92. The summed E-state index contributed by atoms with van der Waals surface area (Å²) in [6.45, 7) is 9.83. The van der Waals surface area contributed by atoms with Crippen LogP contribution in [0.4, 0.5) is 0 Å². The number of hydrogen-bond acceptors (Lipinski definition) is 6. The number of guanidine groups is 2. The molecule has 0 radical (unpaired) electrons. The van der Waals surface area contributed by atoms with E-state index in [2.05, 4.69) is 46.6 Å². The molecule has 10 nitrogen and oxygen atoms in total. The normalized spacial score (nSPS) is 43.5. The third-order valence-electron chi connectivity index (χ3n) is 15.6. The molecule has 1 spiro atoms. The summed E-state index contributed by atoms with van der Waals surface area (Å²) in [5.41, 5.74) is 14.7. The van der Waals surface area contributed by atoms with Crippen LogP contribution in [0.2, 0.25) is 0 Å². The molecule has 0 aromatic heterocycles. The van der Waals surface area contributed by atoms with Crippen molar-refractivity contribution in [3.63, 3.8) is 0 Å². The van der Waals surface area contributed by atoms with Gasteiger partial charge in [0.2, 0.25) is 0 Å². The molecule has 1 saturated heterocycles. The summed E-state index contributed by atoms with van der Waals surface area (Å²) in [5, 5.41) is 38.4. The number of benzene rings is 1. The Bertz CT molecular complexity index is 1530. The van der Waals surface area contributed by atoms with Crippen LogP contribution < -0.4 is 22.1 Å².